The lowest BCUT2D eigenvalue weighted by molar-refractivity contribution is -0.141. The van der Waals surface area contributed by atoms with Crippen molar-refractivity contribution in [3.05, 3.63) is 59.6 Å². The van der Waals surface area contributed by atoms with E-state index in [9.17, 15) is 22.4 Å². The van der Waals surface area contributed by atoms with Gasteiger partial charge in [0.15, 0.2) is 5.69 Å². The zero-order valence-corrected chi connectivity index (χ0v) is 16.2. The molecule has 0 radical (unpaired) electrons. The van der Waals surface area contributed by atoms with Crippen molar-refractivity contribution in [1.82, 2.24) is 29.5 Å². The number of amides is 1. The lowest BCUT2D eigenvalue weighted by Gasteiger charge is -2.24. The molecule has 2 N–H and O–H groups in total. The summed E-state index contributed by atoms with van der Waals surface area (Å²) in [4.78, 5) is 22.3. The van der Waals surface area contributed by atoms with Crippen molar-refractivity contribution >= 4 is 28.3 Å². The zero-order valence-electron chi connectivity index (χ0n) is 16.2. The van der Waals surface area contributed by atoms with Crippen molar-refractivity contribution in [1.29, 1.82) is 0 Å². The third kappa shape index (κ3) is 3.49. The molecule has 1 aromatic carbocycles. The standard InChI is InChI=1S/C19H15F4N7O/c1-9(12-3-4-16(28-27-12)19(21,22)23)29(2)18(31)10-5-14-13(6-11(10)20)26-17(24)15-7-25-8-30(14)15/h3-9H,1-2H3,(H2,24,26). The van der Waals surface area contributed by atoms with Crippen LogP contribution in [0.25, 0.3) is 16.6 Å². The average Bonchev–Trinajstić information content (AvgIpc) is 3.22. The normalized spacial score (nSPS) is 13.0. The van der Waals surface area contributed by atoms with Gasteiger partial charge in [-0.2, -0.15) is 18.3 Å². The van der Waals surface area contributed by atoms with E-state index in [1.807, 2.05) is 0 Å². The third-order valence-electron chi connectivity index (χ3n) is 5.00. The zero-order chi connectivity index (χ0) is 22.5. The Morgan fingerprint density at radius 1 is 1.19 bits per heavy atom. The highest BCUT2D eigenvalue weighted by Crippen LogP contribution is 2.29. The largest absolute Gasteiger partial charge is 0.435 e. The van der Waals surface area contributed by atoms with Crippen molar-refractivity contribution in [2.24, 2.45) is 0 Å². The number of alkyl halides is 3. The fraction of sp³-hybridized carbons (Fsp3) is 0.211. The van der Waals surface area contributed by atoms with Gasteiger partial charge < -0.3 is 10.6 Å². The number of carbonyl (C=O) groups excluding carboxylic acids is 1. The van der Waals surface area contributed by atoms with Crippen LogP contribution in [0.4, 0.5) is 23.4 Å². The van der Waals surface area contributed by atoms with Crippen LogP contribution in [-0.2, 0) is 6.18 Å². The van der Waals surface area contributed by atoms with Gasteiger partial charge in [-0.1, -0.05) is 0 Å². The number of hydrogen-bond donors (Lipinski definition) is 1. The van der Waals surface area contributed by atoms with Gasteiger partial charge in [0.1, 0.15) is 17.2 Å². The number of aromatic nitrogens is 5. The molecule has 0 saturated heterocycles. The molecule has 12 heteroatoms. The Balaban J connectivity index is 1.69. The Kier molecular flexibility index (Phi) is 4.71. The van der Waals surface area contributed by atoms with Crippen LogP contribution in [-0.4, -0.2) is 42.4 Å². The number of nitrogen functional groups attached to an aromatic ring is 1. The Hall–Kier alpha value is -3.83. The summed E-state index contributed by atoms with van der Waals surface area (Å²) in [6.07, 6.45) is -1.67. The molecular formula is C19H15F4N7O. The molecule has 31 heavy (non-hydrogen) atoms. The quantitative estimate of drug-likeness (QED) is 0.498. The van der Waals surface area contributed by atoms with Gasteiger partial charge in [0, 0.05) is 13.1 Å². The van der Waals surface area contributed by atoms with E-state index in [1.54, 1.807) is 11.3 Å². The molecule has 4 aromatic rings. The van der Waals surface area contributed by atoms with Crippen LogP contribution in [0.15, 0.2) is 36.8 Å². The summed E-state index contributed by atoms with van der Waals surface area (Å²) in [5, 5.41) is 6.73. The predicted octanol–water partition coefficient (Wildman–Crippen LogP) is 3.25. The number of benzene rings is 1. The van der Waals surface area contributed by atoms with E-state index in [4.69, 9.17) is 5.73 Å². The summed E-state index contributed by atoms with van der Waals surface area (Å²) in [5.74, 6) is -1.35. The maximum Gasteiger partial charge on any atom is 0.435 e. The molecule has 160 valence electrons. The number of imidazole rings is 1. The van der Waals surface area contributed by atoms with Gasteiger partial charge in [0.25, 0.3) is 5.91 Å². The minimum Gasteiger partial charge on any atom is -0.382 e. The van der Waals surface area contributed by atoms with Gasteiger partial charge in [0.2, 0.25) is 0 Å². The number of halogens is 4. The Morgan fingerprint density at radius 2 is 1.94 bits per heavy atom. The molecular weight excluding hydrogens is 418 g/mol. The first-order valence-electron chi connectivity index (χ1n) is 8.96. The monoisotopic (exact) mass is 433 g/mol. The smallest absolute Gasteiger partial charge is 0.382 e. The number of carbonyl (C=O) groups is 1. The number of hydrogen-bond acceptors (Lipinski definition) is 6. The summed E-state index contributed by atoms with van der Waals surface area (Å²) in [6, 6.07) is 3.56. The van der Waals surface area contributed by atoms with Gasteiger partial charge in [-0.25, -0.2) is 14.4 Å². The highest BCUT2D eigenvalue weighted by molar-refractivity contribution is 5.98. The Labute approximate surface area is 172 Å². The molecule has 1 amide bonds. The highest BCUT2D eigenvalue weighted by atomic mass is 19.4. The molecule has 8 nitrogen and oxygen atoms in total. The second-order valence-electron chi connectivity index (χ2n) is 6.90. The summed E-state index contributed by atoms with van der Waals surface area (Å²) >= 11 is 0. The second-order valence-corrected chi connectivity index (χ2v) is 6.90. The van der Waals surface area contributed by atoms with Crippen molar-refractivity contribution in [2.45, 2.75) is 19.1 Å². The number of nitrogens with two attached hydrogens (primary N) is 1. The van der Waals surface area contributed by atoms with Crippen molar-refractivity contribution in [3.8, 4) is 0 Å². The van der Waals surface area contributed by atoms with Crippen LogP contribution in [0.5, 0.6) is 0 Å². The first-order chi connectivity index (χ1) is 14.6. The second kappa shape index (κ2) is 7.15. The van der Waals surface area contributed by atoms with Gasteiger partial charge in [-0.05, 0) is 25.1 Å². The lowest BCUT2D eigenvalue weighted by Crippen LogP contribution is -2.31. The number of rotatable bonds is 3. The topological polar surface area (TPSA) is 102 Å². The van der Waals surface area contributed by atoms with Crippen LogP contribution in [0.1, 0.15) is 34.7 Å². The summed E-state index contributed by atoms with van der Waals surface area (Å²) in [5.41, 5.74) is 5.74. The third-order valence-corrected chi connectivity index (χ3v) is 5.00. The molecule has 3 heterocycles. The molecule has 0 saturated carbocycles. The maximum atomic E-state index is 14.7. The molecule has 1 unspecified atom stereocenters. The Morgan fingerprint density at radius 3 is 2.58 bits per heavy atom. The van der Waals surface area contributed by atoms with E-state index >= 15 is 0 Å². The molecule has 0 spiro atoms. The predicted molar refractivity (Wildman–Crippen MR) is 102 cm³/mol. The summed E-state index contributed by atoms with van der Waals surface area (Å²) in [6.45, 7) is 1.55. The van der Waals surface area contributed by atoms with E-state index in [0.717, 1.165) is 23.1 Å². The van der Waals surface area contributed by atoms with Crippen molar-refractivity contribution < 1.29 is 22.4 Å². The molecule has 0 fully saturated rings. The number of nitrogens with zero attached hydrogens (tertiary/aromatic N) is 6. The number of fused-ring (bicyclic) bond motifs is 3. The first-order valence-corrected chi connectivity index (χ1v) is 8.96. The average molecular weight is 433 g/mol. The fourth-order valence-electron chi connectivity index (χ4n) is 3.14. The summed E-state index contributed by atoms with van der Waals surface area (Å²) in [7, 11) is 1.39. The molecule has 4 rings (SSSR count). The minimum atomic E-state index is -4.62. The Bertz CT molecular complexity index is 1300. The fourth-order valence-corrected chi connectivity index (χ4v) is 3.14. The van der Waals surface area contributed by atoms with Crippen LogP contribution in [0.2, 0.25) is 0 Å². The maximum absolute atomic E-state index is 14.7. The van der Waals surface area contributed by atoms with E-state index in [-0.39, 0.29) is 22.6 Å². The number of anilines is 1. The van der Waals surface area contributed by atoms with Crippen LogP contribution >= 0.6 is 0 Å². The minimum absolute atomic E-state index is 0.122. The van der Waals surface area contributed by atoms with Gasteiger partial charge in [-0.3, -0.25) is 9.20 Å². The molecule has 3 aromatic heterocycles. The molecule has 0 aliphatic heterocycles. The van der Waals surface area contributed by atoms with Crippen molar-refractivity contribution in [2.75, 3.05) is 12.8 Å². The van der Waals surface area contributed by atoms with E-state index in [2.05, 4.69) is 20.2 Å². The van der Waals surface area contributed by atoms with Crippen LogP contribution in [0.3, 0.4) is 0 Å². The SMILES string of the molecule is CC(c1ccc(C(F)(F)F)nn1)N(C)C(=O)c1cc2c(cc1F)nc(N)c1cncn12. The molecule has 0 aliphatic carbocycles. The van der Waals surface area contributed by atoms with Crippen LogP contribution < -0.4 is 5.73 Å². The van der Waals surface area contributed by atoms with Gasteiger partial charge in [0.05, 0.1) is 40.9 Å². The highest BCUT2D eigenvalue weighted by Gasteiger charge is 2.33. The molecule has 0 bridgehead atoms. The van der Waals surface area contributed by atoms with Gasteiger partial charge in [-0.15, -0.1) is 5.10 Å². The summed E-state index contributed by atoms with van der Waals surface area (Å²) < 4.78 is 54.4. The van der Waals surface area contributed by atoms with E-state index in [1.165, 1.54) is 25.6 Å². The lowest BCUT2D eigenvalue weighted by atomic mass is 10.1. The molecule has 1 atom stereocenters. The van der Waals surface area contributed by atoms with Crippen LogP contribution in [0, 0.1) is 5.82 Å². The molecule has 0 aliphatic rings. The first kappa shape index (κ1) is 20.4. The van der Waals surface area contributed by atoms with Gasteiger partial charge >= 0.3 is 6.18 Å². The van der Waals surface area contributed by atoms with E-state index < -0.39 is 29.6 Å². The van der Waals surface area contributed by atoms with Crippen molar-refractivity contribution in [3.63, 3.8) is 0 Å². The van der Waals surface area contributed by atoms with E-state index in [0.29, 0.717) is 11.0 Å².